The topological polar surface area (TPSA) is 65.4 Å². The molecule has 0 saturated carbocycles. The zero-order chi connectivity index (χ0) is 13.1. The third-order valence-electron chi connectivity index (χ3n) is 2.91. The first-order valence-electron chi connectivity index (χ1n) is 5.83. The SMILES string of the molecule is N#Cc1ccc(-c2cn[nH]c2-c2cccnc2)cc1. The largest absolute Gasteiger partial charge is 0.277 e. The Morgan fingerprint density at radius 1 is 1.00 bits per heavy atom. The quantitative estimate of drug-likeness (QED) is 0.755. The highest BCUT2D eigenvalue weighted by atomic mass is 15.1. The number of hydrogen-bond donors (Lipinski definition) is 1. The minimum Gasteiger partial charge on any atom is -0.277 e. The molecule has 3 aromatic rings. The Morgan fingerprint density at radius 3 is 2.53 bits per heavy atom. The van der Waals surface area contributed by atoms with Crippen LogP contribution in [0.15, 0.2) is 55.0 Å². The fraction of sp³-hybridized carbons (Fsp3) is 0. The van der Waals surface area contributed by atoms with Crippen LogP contribution in [0.25, 0.3) is 22.4 Å². The average Bonchev–Trinajstić information content (AvgIpc) is 2.98. The number of hydrogen-bond acceptors (Lipinski definition) is 3. The lowest BCUT2D eigenvalue weighted by atomic mass is 10.0. The van der Waals surface area contributed by atoms with Crippen molar-refractivity contribution >= 4 is 0 Å². The molecule has 0 fully saturated rings. The predicted molar refractivity (Wildman–Crippen MR) is 72.0 cm³/mol. The van der Waals surface area contributed by atoms with Gasteiger partial charge in [0, 0.05) is 23.5 Å². The van der Waals surface area contributed by atoms with E-state index in [9.17, 15) is 0 Å². The summed E-state index contributed by atoms with van der Waals surface area (Å²) in [4.78, 5) is 4.11. The molecule has 1 N–H and O–H groups in total. The van der Waals surface area contributed by atoms with Gasteiger partial charge in [-0.2, -0.15) is 10.4 Å². The van der Waals surface area contributed by atoms with Crippen molar-refractivity contribution < 1.29 is 0 Å². The summed E-state index contributed by atoms with van der Waals surface area (Å²) in [7, 11) is 0. The van der Waals surface area contributed by atoms with E-state index in [1.165, 1.54) is 0 Å². The standard InChI is InChI=1S/C15H10N4/c16-8-11-3-5-12(6-4-11)14-10-18-19-15(14)13-2-1-7-17-9-13/h1-7,9-10H,(H,18,19). The minimum absolute atomic E-state index is 0.648. The maximum Gasteiger partial charge on any atom is 0.0991 e. The van der Waals surface area contributed by atoms with Crippen molar-refractivity contribution in [1.29, 1.82) is 5.26 Å². The van der Waals surface area contributed by atoms with E-state index >= 15 is 0 Å². The zero-order valence-electron chi connectivity index (χ0n) is 10.0. The highest BCUT2D eigenvalue weighted by Gasteiger charge is 2.09. The summed E-state index contributed by atoms with van der Waals surface area (Å²) in [6.07, 6.45) is 5.31. The van der Waals surface area contributed by atoms with E-state index in [4.69, 9.17) is 5.26 Å². The molecule has 0 aliphatic heterocycles. The average molecular weight is 246 g/mol. The molecule has 4 nitrogen and oxygen atoms in total. The van der Waals surface area contributed by atoms with Crippen LogP contribution >= 0.6 is 0 Å². The van der Waals surface area contributed by atoms with Gasteiger partial charge in [-0.15, -0.1) is 0 Å². The molecule has 0 aliphatic rings. The van der Waals surface area contributed by atoms with Crippen LogP contribution in [0.3, 0.4) is 0 Å². The normalized spacial score (nSPS) is 10.1. The second-order valence-electron chi connectivity index (χ2n) is 4.09. The first-order valence-corrected chi connectivity index (χ1v) is 5.83. The molecule has 0 aliphatic carbocycles. The van der Waals surface area contributed by atoms with Crippen molar-refractivity contribution in [2.24, 2.45) is 0 Å². The molecule has 19 heavy (non-hydrogen) atoms. The number of nitriles is 1. The summed E-state index contributed by atoms with van der Waals surface area (Å²) in [6.45, 7) is 0. The van der Waals surface area contributed by atoms with E-state index in [-0.39, 0.29) is 0 Å². The first-order chi connectivity index (χ1) is 9.38. The number of aromatic nitrogens is 3. The maximum absolute atomic E-state index is 8.81. The van der Waals surface area contributed by atoms with Gasteiger partial charge in [0.25, 0.3) is 0 Å². The van der Waals surface area contributed by atoms with Crippen LogP contribution in [0.5, 0.6) is 0 Å². The monoisotopic (exact) mass is 246 g/mol. The van der Waals surface area contributed by atoms with Crippen molar-refractivity contribution in [2.45, 2.75) is 0 Å². The van der Waals surface area contributed by atoms with Crippen LogP contribution in [-0.2, 0) is 0 Å². The van der Waals surface area contributed by atoms with Crippen LogP contribution in [-0.4, -0.2) is 15.2 Å². The van der Waals surface area contributed by atoms with E-state index in [1.807, 2.05) is 24.3 Å². The summed E-state index contributed by atoms with van der Waals surface area (Å²) in [5.41, 5.74) is 4.58. The fourth-order valence-electron chi connectivity index (χ4n) is 1.96. The van der Waals surface area contributed by atoms with Gasteiger partial charge < -0.3 is 0 Å². The molecule has 0 spiro atoms. The van der Waals surface area contributed by atoms with Gasteiger partial charge in [0.2, 0.25) is 0 Å². The number of aromatic amines is 1. The van der Waals surface area contributed by atoms with Gasteiger partial charge >= 0.3 is 0 Å². The number of nitrogens with one attached hydrogen (secondary N) is 1. The molecule has 0 bridgehead atoms. The van der Waals surface area contributed by atoms with E-state index in [1.54, 1.807) is 30.7 Å². The van der Waals surface area contributed by atoms with Gasteiger partial charge in [-0.05, 0) is 29.8 Å². The Kier molecular flexibility index (Phi) is 2.79. The third-order valence-corrected chi connectivity index (χ3v) is 2.91. The van der Waals surface area contributed by atoms with Gasteiger partial charge in [0.1, 0.15) is 0 Å². The van der Waals surface area contributed by atoms with E-state index < -0.39 is 0 Å². The van der Waals surface area contributed by atoms with Gasteiger partial charge in [-0.3, -0.25) is 10.1 Å². The Balaban J connectivity index is 2.07. The summed E-state index contributed by atoms with van der Waals surface area (Å²) in [6, 6.07) is 13.4. The van der Waals surface area contributed by atoms with Crippen LogP contribution in [0, 0.1) is 11.3 Å². The number of nitrogens with zero attached hydrogens (tertiary/aromatic N) is 3. The van der Waals surface area contributed by atoms with Crippen molar-refractivity contribution in [3.8, 4) is 28.5 Å². The van der Waals surface area contributed by atoms with Crippen molar-refractivity contribution in [2.75, 3.05) is 0 Å². The second-order valence-corrected chi connectivity index (χ2v) is 4.09. The van der Waals surface area contributed by atoms with Crippen LogP contribution in [0.2, 0.25) is 0 Å². The van der Waals surface area contributed by atoms with Gasteiger partial charge in [0.05, 0.1) is 23.5 Å². The predicted octanol–water partition coefficient (Wildman–Crippen LogP) is 3.01. The molecular formula is C15H10N4. The summed E-state index contributed by atoms with van der Waals surface area (Å²) in [5.74, 6) is 0. The Bertz CT molecular complexity index is 721. The van der Waals surface area contributed by atoms with Gasteiger partial charge in [0.15, 0.2) is 0 Å². The summed E-state index contributed by atoms with van der Waals surface area (Å²) < 4.78 is 0. The Morgan fingerprint density at radius 2 is 1.84 bits per heavy atom. The lowest BCUT2D eigenvalue weighted by Gasteiger charge is -2.03. The number of rotatable bonds is 2. The Labute approximate surface area is 110 Å². The molecule has 1 aromatic carbocycles. The smallest absolute Gasteiger partial charge is 0.0991 e. The number of pyridine rings is 1. The molecule has 4 heteroatoms. The molecule has 3 rings (SSSR count). The fourth-order valence-corrected chi connectivity index (χ4v) is 1.96. The Hall–Kier alpha value is -2.93. The highest BCUT2D eigenvalue weighted by molar-refractivity contribution is 5.80. The minimum atomic E-state index is 0.648. The third kappa shape index (κ3) is 2.09. The van der Waals surface area contributed by atoms with E-state index in [0.29, 0.717) is 5.56 Å². The van der Waals surface area contributed by atoms with Crippen LogP contribution in [0.4, 0.5) is 0 Å². The van der Waals surface area contributed by atoms with Crippen LogP contribution in [0.1, 0.15) is 5.56 Å². The second kappa shape index (κ2) is 4.75. The molecule has 0 unspecified atom stereocenters. The molecular weight excluding hydrogens is 236 g/mol. The maximum atomic E-state index is 8.81. The first kappa shape index (κ1) is 11.2. The lowest BCUT2D eigenvalue weighted by molar-refractivity contribution is 1.09. The molecule has 0 amide bonds. The molecule has 0 radical (unpaired) electrons. The van der Waals surface area contributed by atoms with E-state index in [2.05, 4.69) is 21.3 Å². The number of H-pyrrole nitrogens is 1. The van der Waals surface area contributed by atoms with Crippen LogP contribution < -0.4 is 0 Å². The molecule has 2 heterocycles. The highest BCUT2D eigenvalue weighted by Crippen LogP contribution is 2.29. The van der Waals surface area contributed by atoms with E-state index in [0.717, 1.165) is 22.4 Å². The molecule has 0 saturated heterocycles. The molecule has 0 atom stereocenters. The summed E-state index contributed by atoms with van der Waals surface area (Å²) >= 11 is 0. The summed E-state index contributed by atoms with van der Waals surface area (Å²) in [5, 5.41) is 15.9. The van der Waals surface area contributed by atoms with Crippen molar-refractivity contribution in [1.82, 2.24) is 15.2 Å². The lowest BCUT2D eigenvalue weighted by Crippen LogP contribution is -1.84. The van der Waals surface area contributed by atoms with Gasteiger partial charge in [-0.25, -0.2) is 0 Å². The van der Waals surface area contributed by atoms with Crippen molar-refractivity contribution in [3.05, 3.63) is 60.6 Å². The molecule has 2 aromatic heterocycles. The molecule has 90 valence electrons. The van der Waals surface area contributed by atoms with Gasteiger partial charge in [-0.1, -0.05) is 12.1 Å². The van der Waals surface area contributed by atoms with Crippen molar-refractivity contribution in [3.63, 3.8) is 0 Å². The zero-order valence-corrected chi connectivity index (χ0v) is 10.0. The number of benzene rings is 1.